The Hall–Kier alpha value is -2.80. The van der Waals surface area contributed by atoms with Gasteiger partial charge in [0.25, 0.3) is 0 Å². The molecule has 4 aromatic rings. The third-order valence-electron chi connectivity index (χ3n) is 5.05. The van der Waals surface area contributed by atoms with Crippen molar-refractivity contribution in [2.45, 2.75) is 13.8 Å². The molecule has 0 fully saturated rings. The molecule has 0 aliphatic heterocycles. The molecule has 0 aliphatic carbocycles. The van der Waals surface area contributed by atoms with Crippen LogP contribution < -0.4 is 4.90 Å². The third-order valence-corrected chi connectivity index (χ3v) is 5.05. The predicted molar refractivity (Wildman–Crippen MR) is 110 cm³/mol. The molecule has 4 rings (SSSR count). The normalized spacial score (nSPS) is 11.1. The summed E-state index contributed by atoms with van der Waals surface area (Å²) in [6.07, 6.45) is 0. The summed E-state index contributed by atoms with van der Waals surface area (Å²) >= 11 is 0. The van der Waals surface area contributed by atoms with E-state index in [9.17, 15) is 0 Å². The lowest BCUT2D eigenvalue weighted by atomic mass is 9.94. The van der Waals surface area contributed by atoms with Crippen molar-refractivity contribution in [1.29, 1.82) is 0 Å². The van der Waals surface area contributed by atoms with Crippen LogP contribution in [0.4, 0.5) is 5.69 Å². The van der Waals surface area contributed by atoms with Crippen molar-refractivity contribution in [2.75, 3.05) is 18.0 Å². The van der Waals surface area contributed by atoms with Crippen LogP contribution in [0, 0.1) is 0 Å². The van der Waals surface area contributed by atoms with Gasteiger partial charge in [0, 0.05) is 24.3 Å². The van der Waals surface area contributed by atoms with Crippen molar-refractivity contribution in [3.8, 4) is 11.1 Å². The lowest BCUT2D eigenvalue weighted by Gasteiger charge is -2.25. The highest BCUT2D eigenvalue weighted by atomic mass is 15.1. The molecule has 0 radical (unpaired) electrons. The fourth-order valence-electron chi connectivity index (χ4n) is 3.74. The first-order chi connectivity index (χ1) is 12.3. The highest BCUT2D eigenvalue weighted by Crippen LogP contribution is 2.38. The molecular formula is C24H23N. The number of rotatable bonds is 4. The van der Waals surface area contributed by atoms with Gasteiger partial charge in [0.05, 0.1) is 0 Å². The van der Waals surface area contributed by atoms with Crippen molar-refractivity contribution >= 4 is 27.2 Å². The standard InChI is InChI=1S/C24H23N/c1-3-25(4-2)23-16-15-19-10-7-8-12-22(19)24(23)21-14-13-18-9-5-6-11-20(18)17-21/h5-17H,3-4H2,1-2H3. The quantitative estimate of drug-likeness (QED) is 0.413. The maximum Gasteiger partial charge on any atom is 0.0452 e. The second-order valence-corrected chi connectivity index (χ2v) is 6.42. The van der Waals surface area contributed by atoms with Gasteiger partial charge in [0.2, 0.25) is 0 Å². The van der Waals surface area contributed by atoms with E-state index in [0.29, 0.717) is 0 Å². The molecule has 0 aliphatic rings. The summed E-state index contributed by atoms with van der Waals surface area (Å²) in [6, 6.07) is 28.6. The summed E-state index contributed by atoms with van der Waals surface area (Å²) in [5.74, 6) is 0. The molecule has 25 heavy (non-hydrogen) atoms. The van der Waals surface area contributed by atoms with E-state index in [4.69, 9.17) is 0 Å². The van der Waals surface area contributed by atoms with Gasteiger partial charge < -0.3 is 4.90 Å². The van der Waals surface area contributed by atoms with Crippen molar-refractivity contribution in [3.05, 3.63) is 78.9 Å². The molecule has 0 heterocycles. The molecule has 124 valence electrons. The van der Waals surface area contributed by atoms with Crippen LogP contribution in [0.2, 0.25) is 0 Å². The Morgan fingerprint density at radius 3 is 2.04 bits per heavy atom. The Kier molecular flexibility index (Phi) is 4.15. The van der Waals surface area contributed by atoms with Gasteiger partial charge in [-0.05, 0) is 53.1 Å². The number of nitrogens with zero attached hydrogens (tertiary/aromatic N) is 1. The minimum absolute atomic E-state index is 1.01. The Labute approximate surface area is 149 Å². The molecule has 0 aromatic heterocycles. The molecule has 1 nitrogen and oxygen atoms in total. The summed E-state index contributed by atoms with van der Waals surface area (Å²) in [4.78, 5) is 2.44. The molecule has 4 aromatic carbocycles. The molecule has 0 atom stereocenters. The molecule has 1 heteroatoms. The highest BCUT2D eigenvalue weighted by Gasteiger charge is 2.14. The van der Waals surface area contributed by atoms with Crippen LogP contribution in [-0.4, -0.2) is 13.1 Å². The fourth-order valence-corrected chi connectivity index (χ4v) is 3.74. The Morgan fingerprint density at radius 1 is 0.640 bits per heavy atom. The summed E-state index contributed by atoms with van der Waals surface area (Å²) in [5.41, 5.74) is 3.95. The van der Waals surface area contributed by atoms with Gasteiger partial charge in [-0.2, -0.15) is 0 Å². The van der Waals surface area contributed by atoms with Crippen LogP contribution >= 0.6 is 0 Å². The zero-order valence-electron chi connectivity index (χ0n) is 14.9. The monoisotopic (exact) mass is 325 g/mol. The van der Waals surface area contributed by atoms with Gasteiger partial charge >= 0.3 is 0 Å². The van der Waals surface area contributed by atoms with Crippen LogP contribution in [0.3, 0.4) is 0 Å². The van der Waals surface area contributed by atoms with Crippen LogP contribution in [0.15, 0.2) is 78.9 Å². The SMILES string of the molecule is CCN(CC)c1ccc2ccccc2c1-c1ccc2ccccc2c1. The average Bonchev–Trinajstić information content (AvgIpc) is 2.68. The average molecular weight is 325 g/mol. The number of fused-ring (bicyclic) bond motifs is 2. The summed E-state index contributed by atoms with van der Waals surface area (Å²) in [7, 11) is 0. The van der Waals surface area contributed by atoms with Crippen molar-refractivity contribution < 1.29 is 0 Å². The van der Waals surface area contributed by atoms with E-state index in [-0.39, 0.29) is 0 Å². The van der Waals surface area contributed by atoms with Crippen LogP contribution in [-0.2, 0) is 0 Å². The van der Waals surface area contributed by atoms with Crippen molar-refractivity contribution in [1.82, 2.24) is 0 Å². The Morgan fingerprint density at radius 2 is 1.28 bits per heavy atom. The van der Waals surface area contributed by atoms with Gasteiger partial charge in [0.1, 0.15) is 0 Å². The third kappa shape index (κ3) is 2.76. The molecule has 0 spiro atoms. The molecular weight excluding hydrogens is 302 g/mol. The Balaban J connectivity index is 2.04. The molecule has 0 bridgehead atoms. The highest BCUT2D eigenvalue weighted by molar-refractivity contribution is 6.04. The number of hydrogen-bond acceptors (Lipinski definition) is 1. The van der Waals surface area contributed by atoms with Gasteiger partial charge in [-0.3, -0.25) is 0 Å². The lowest BCUT2D eigenvalue weighted by Crippen LogP contribution is -2.22. The molecule has 0 amide bonds. The maximum atomic E-state index is 2.44. The van der Waals surface area contributed by atoms with Crippen LogP contribution in [0.5, 0.6) is 0 Å². The Bertz CT molecular complexity index is 1030. The van der Waals surface area contributed by atoms with E-state index in [2.05, 4.69) is 97.6 Å². The maximum absolute atomic E-state index is 2.44. The topological polar surface area (TPSA) is 3.24 Å². The predicted octanol–water partition coefficient (Wildman–Crippen LogP) is 6.51. The van der Waals surface area contributed by atoms with Gasteiger partial charge in [-0.15, -0.1) is 0 Å². The van der Waals surface area contributed by atoms with E-state index < -0.39 is 0 Å². The smallest absolute Gasteiger partial charge is 0.0452 e. The molecule has 0 saturated carbocycles. The van der Waals surface area contributed by atoms with Gasteiger partial charge in [0.15, 0.2) is 0 Å². The minimum Gasteiger partial charge on any atom is -0.372 e. The first kappa shape index (κ1) is 15.7. The summed E-state index contributed by atoms with van der Waals surface area (Å²) in [6.45, 7) is 6.47. The first-order valence-electron chi connectivity index (χ1n) is 9.07. The van der Waals surface area contributed by atoms with E-state index in [1.54, 1.807) is 0 Å². The minimum atomic E-state index is 1.01. The van der Waals surface area contributed by atoms with Crippen molar-refractivity contribution in [2.24, 2.45) is 0 Å². The van der Waals surface area contributed by atoms with Gasteiger partial charge in [-0.1, -0.05) is 66.7 Å². The summed E-state index contributed by atoms with van der Waals surface area (Å²) in [5, 5.41) is 5.19. The van der Waals surface area contributed by atoms with E-state index in [0.717, 1.165) is 13.1 Å². The molecule has 0 saturated heterocycles. The van der Waals surface area contributed by atoms with Crippen LogP contribution in [0.1, 0.15) is 13.8 Å². The first-order valence-corrected chi connectivity index (χ1v) is 9.07. The molecule has 0 unspecified atom stereocenters. The van der Waals surface area contributed by atoms with Gasteiger partial charge in [-0.25, -0.2) is 0 Å². The summed E-state index contributed by atoms with van der Waals surface area (Å²) < 4.78 is 0. The van der Waals surface area contributed by atoms with E-state index >= 15 is 0 Å². The largest absolute Gasteiger partial charge is 0.372 e. The number of hydrogen-bond donors (Lipinski definition) is 0. The van der Waals surface area contributed by atoms with E-state index in [1.807, 2.05) is 0 Å². The molecule has 0 N–H and O–H groups in total. The van der Waals surface area contributed by atoms with Crippen LogP contribution in [0.25, 0.3) is 32.7 Å². The van der Waals surface area contributed by atoms with E-state index in [1.165, 1.54) is 38.4 Å². The zero-order chi connectivity index (χ0) is 17.2. The second kappa shape index (κ2) is 6.60. The lowest BCUT2D eigenvalue weighted by molar-refractivity contribution is 0.868. The fraction of sp³-hybridized carbons (Fsp3) is 0.167. The van der Waals surface area contributed by atoms with Crippen molar-refractivity contribution in [3.63, 3.8) is 0 Å². The number of anilines is 1. The number of benzene rings is 4. The second-order valence-electron chi connectivity index (χ2n) is 6.42. The zero-order valence-corrected chi connectivity index (χ0v) is 14.9.